The van der Waals surface area contributed by atoms with E-state index in [1.807, 2.05) is 60.4 Å². The smallest absolute Gasteiger partial charge is 0.318 e. The first kappa shape index (κ1) is 19.7. The van der Waals surface area contributed by atoms with Crippen LogP contribution in [0.25, 0.3) is 0 Å². The average Bonchev–Trinajstić information content (AvgIpc) is 2.71. The number of hydrogen-bond acceptors (Lipinski definition) is 3. The van der Waals surface area contributed by atoms with Gasteiger partial charge in [-0.05, 0) is 25.5 Å². The summed E-state index contributed by atoms with van der Waals surface area (Å²) in [6, 6.07) is 15.0. The van der Waals surface area contributed by atoms with Gasteiger partial charge in [0.1, 0.15) is 11.8 Å². The number of benzene rings is 2. The summed E-state index contributed by atoms with van der Waals surface area (Å²) in [4.78, 5) is 28.8. The number of methoxy groups -OCH3 is 1. The van der Waals surface area contributed by atoms with Gasteiger partial charge in [0.25, 0.3) is 0 Å². The van der Waals surface area contributed by atoms with Gasteiger partial charge in [-0.1, -0.05) is 48.0 Å². The van der Waals surface area contributed by atoms with Gasteiger partial charge in [0.05, 0.1) is 7.11 Å². The van der Waals surface area contributed by atoms with E-state index in [0.29, 0.717) is 26.2 Å². The largest absolute Gasteiger partial charge is 0.496 e. The lowest BCUT2D eigenvalue weighted by molar-refractivity contribution is -0.139. The second-order valence-corrected chi connectivity index (χ2v) is 7.09. The Kier molecular flexibility index (Phi) is 6.19. The van der Waals surface area contributed by atoms with Crippen LogP contribution in [0.15, 0.2) is 48.5 Å². The summed E-state index contributed by atoms with van der Waals surface area (Å²) in [6.45, 7) is 5.79. The molecule has 2 aromatic rings. The van der Waals surface area contributed by atoms with E-state index in [0.717, 1.165) is 16.9 Å². The highest BCUT2D eigenvalue weighted by Gasteiger charge is 2.34. The molecule has 0 aromatic heterocycles. The van der Waals surface area contributed by atoms with Crippen molar-refractivity contribution in [2.75, 3.05) is 20.2 Å². The maximum Gasteiger partial charge on any atom is 0.318 e. The van der Waals surface area contributed by atoms with Crippen molar-refractivity contribution in [3.63, 3.8) is 0 Å². The fourth-order valence-corrected chi connectivity index (χ4v) is 3.40. The van der Waals surface area contributed by atoms with Crippen LogP contribution >= 0.6 is 0 Å². The molecule has 0 aliphatic carbocycles. The van der Waals surface area contributed by atoms with E-state index in [9.17, 15) is 9.59 Å². The quantitative estimate of drug-likeness (QED) is 0.866. The van der Waals surface area contributed by atoms with Gasteiger partial charge in [0, 0.05) is 31.7 Å². The molecular weight excluding hydrogens is 354 g/mol. The van der Waals surface area contributed by atoms with Gasteiger partial charge in [-0.15, -0.1) is 0 Å². The van der Waals surface area contributed by atoms with Crippen molar-refractivity contribution in [3.8, 4) is 5.75 Å². The molecular formula is C22H27N3O3. The fourth-order valence-electron chi connectivity index (χ4n) is 3.40. The molecule has 6 nitrogen and oxygen atoms in total. The molecule has 6 heteroatoms. The summed E-state index contributed by atoms with van der Waals surface area (Å²) in [5.74, 6) is 0.703. The minimum atomic E-state index is -0.489. The highest BCUT2D eigenvalue weighted by atomic mass is 16.5. The number of hydrogen-bond donors (Lipinski definition) is 1. The normalized spacial score (nSPS) is 16.8. The molecule has 1 aliphatic rings. The first-order valence-electron chi connectivity index (χ1n) is 9.50. The first-order chi connectivity index (χ1) is 13.5. The number of carbonyl (C=O) groups excluding carboxylic acids is 2. The number of urea groups is 1. The van der Waals surface area contributed by atoms with Crippen molar-refractivity contribution in [3.05, 3.63) is 65.2 Å². The van der Waals surface area contributed by atoms with Crippen LogP contribution < -0.4 is 10.1 Å². The highest BCUT2D eigenvalue weighted by molar-refractivity contribution is 5.88. The maximum absolute atomic E-state index is 12.8. The molecule has 1 saturated heterocycles. The molecule has 1 unspecified atom stereocenters. The Morgan fingerprint density at radius 3 is 2.57 bits per heavy atom. The van der Waals surface area contributed by atoms with Crippen LogP contribution in [0.1, 0.15) is 23.6 Å². The van der Waals surface area contributed by atoms with Gasteiger partial charge in [-0.2, -0.15) is 0 Å². The number of aryl methyl sites for hydroxylation is 1. The molecule has 0 radical (unpaired) electrons. The number of carbonyl (C=O) groups is 2. The van der Waals surface area contributed by atoms with E-state index >= 15 is 0 Å². The first-order valence-corrected chi connectivity index (χ1v) is 9.50. The van der Waals surface area contributed by atoms with Gasteiger partial charge in [0.2, 0.25) is 5.91 Å². The van der Waals surface area contributed by atoms with Crippen LogP contribution in [-0.2, 0) is 17.9 Å². The third kappa shape index (κ3) is 4.44. The van der Waals surface area contributed by atoms with Crippen LogP contribution in [-0.4, -0.2) is 48.0 Å². The van der Waals surface area contributed by atoms with Crippen molar-refractivity contribution in [1.82, 2.24) is 15.1 Å². The van der Waals surface area contributed by atoms with Crippen molar-refractivity contribution in [1.29, 1.82) is 0 Å². The summed E-state index contributed by atoms with van der Waals surface area (Å²) in [5.41, 5.74) is 3.19. The number of para-hydroxylation sites is 1. The van der Waals surface area contributed by atoms with Crippen molar-refractivity contribution in [2.45, 2.75) is 33.0 Å². The van der Waals surface area contributed by atoms with E-state index in [2.05, 4.69) is 5.32 Å². The summed E-state index contributed by atoms with van der Waals surface area (Å²) in [5, 5.41) is 2.90. The van der Waals surface area contributed by atoms with E-state index < -0.39 is 6.04 Å². The Hall–Kier alpha value is -3.02. The molecule has 1 aliphatic heterocycles. The summed E-state index contributed by atoms with van der Waals surface area (Å²) < 4.78 is 5.31. The van der Waals surface area contributed by atoms with Gasteiger partial charge >= 0.3 is 6.03 Å². The number of ether oxygens (including phenoxy) is 1. The minimum absolute atomic E-state index is 0.0285. The SMILES string of the molecule is COc1ccccc1CNC(=O)N1CCN(Cc2ccc(C)cc2)C(=O)C1C. The molecule has 1 N–H and O–H groups in total. The molecule has 1 atom stereocenters. The van der Waals surface area contributed by atoms with Crippen LogP contribution in [0.2, 0.25) is 0 Å². The number of amides is 3. The third-order valence-electron chi connectivity index (χ3n) is 5.12. The van der Waals surface area contributed by atoms with Crippen LogP contribution in [0.5, 0.6) is 5.75 Å². The predicted octanol–water partition coefficient (Wildman–Crippen LogP) is 2.95. The minimum Gasteiger partial charge on any atom is -0.496 e. The van der Waals surface area contributed by atoms with Crippen molar-refractivity contribution >= 4 is 11.9 Å². The zero-order chi connectivity index (χ0) is 20.1. The number of nitrogens with one attached hydrogen (secondary N) is 1. The Bertz CT molecular complexity index is 835. The monoisotopic (exact) mass is 381 g/mol. The fraction of sp³-hybridized carbons (Fsp3) is 0.364. The van der Waals surface area contributed by atoms with Crippen molar-refractivity contribution < 1.29 is 14.3 Å². The summed E-state index contributed by atoms with van der Waals surface area (Å²) in [7, 11) is 1.61. The molecule has 1 fully saturated rings. The Morgan fingerprint density at radius 1 is 1.14 bits per heavy atom. The van der Waals surface area contributed by atoms with E-state index in [1.54, 1.807) is 18.9 Å². The molecule has 0 saturated carbocycles. The second kappa shape index (κ2) is 8.78. The molecule has 28 heavy (non-hydrogen) atoms. The van der Waals surface area contributed by atoms with Gasteiger partial charge in [0.15, 0.2) is 0 Å². The highest BCUT2D eigenvalue weighted by Crippen LogP contribution is 2.18. The van der Waals surface area contributed by atoms with Crippen LogP contribution in [0.3, 0.4) is 0 Å². The standard InChI is InChI=1S/C22H27N3O3/c1-16-8-10-18(11-9-16)15-24-12-13-25(17(2)21(24)26)22(27)23-14-19-6-4-5-7-20(19)28-3/h4-11,17H,12-15H2,1-3H3,(H,23,27). The molecule has 3 rings (SSSR count). The summed E-state index contributed by atoms with van der Waals surface area (Å²) >= 11 is 0. The van der Waals surface area contributed by atoms with Gasteiger partial charge in [-0.25, -0.2) is 4.79 Å². The van der Waals surface area contributed by atoms with E-state index in [4.69, 9.17) is 4.74 Å². The lowest BCUT2D eigenvalue weighted by Crippen LogP contribution is -2.59. The maximum atomic E-state index is 12.8. The second-order valence-electron chi connectivity index (χ2n) is 7.09. The number of piperazine rings is 1. The molecule has 3 amide bonds. The van der Waals surface area contributed by atoms with E-state index in [1.165, 1.54) is 5.56 Å². The topological polar surface area (TPSA) is 61.9 Å². The Labute approximate surface area is 166 Å². The number of nitrogens with zero attached hydrogens (tertiary/aromatic N) is 2. The summed E-state index contributed by atoms with van der Waals surface area (Å²) in [6.07, 6.45) is 0. The lowest BCUT2D eigenvalue weighted by atomic mass is 10.1. The Morgan fingerprint density at radius 2 is 1.86 bits per heavy atom. The average molecular weight is 381 g/mol. The van der Waals surface area contributed by atoms with Gasteiger partial charge < -0.3 is 19.9 Å². The molecule has 0 bridgehead atoms. The molecule has 1 heterocycles. The molecule has 148 valence electrons. The van der Waals surface area contributed by atoms with Crippen molar-refractivity contribution in [2.24, 2.45) is 0 Å². The van der Waals surface area contributed by atoms with Crippen LogP contribution in [0.4, 0.5) is 4.79 Å². The number of rotatable bonds is 5. The lowest BCUT2D eigenvalue weighted by Gasteiger charge is -2.39. The van der Waals surface area contributed by atoms with E-state index in [-0.39, 0.29) is 11.9 Å². The van der Waals surface area contributed by atoms with Gasteiger partial charge in [-0.3, -0.25) is 4.79 Å². The third-order valence-corrected chi connectivity index (χ3v) is 5.12. The zero-order valence-corrected chi connectivity index (χ0v) is 16.6. The van der Waals surface area contributed by atoms with Crippen LogP contribution in [0, 0.1) is 6.92 Å². The zero-order valence-electron chi connectivity index (χ0n) is 16.6. The molecule has 0 spiro atoms. The predicted molar refractivity (Wildman–Crippen MR) is 108 cm³/mol. The molecule has 2 aromatic carbocycles. The Balaban J connectivity index is 1.58.